The molecule has 1 atom stereocenters. The lowest BCUT2D eigenvalue weighted by molar-refractivity contribution is 0.273. The summed E-state index contributed by atoms with van der Waals surface area (Å²) >= 11 is 0. The number of allylic oxidation sites excluding steroid dienone is 4. The summed E-state index contributed by atoms with van der Waals surface area (Å²) < 4.78 is 14.9. The summed E-state index contributed by atoms with van der Waals surface area (Å²) in [7, 11) is -2.40. The predicted octanol–water partition coefficient (Wildman–Crippen LogP) is 6.47. The van der Waals surface area contributed by atoms with E-state index >= 15 is 0 Å². The minimum atomic E-state index is -2.40. The van der Waals surface area contributed by atoms with Crippen molar-refractivity contribution in [2.45, 2.75) is 84.0 Å². The summed E-state index contributed by atoms with van der Waals surface area (Å²) in [5.74, 6) is 0. The lowest BCUT2D eigenvalue weighted by Gasteiger charge is -1.99. The van der Waals surface area contributed by atoms with Gasteiger partial charge in [0.2, 0.25) is 0 Å². The van der Waals surface area contributed by atoms with Crippen LogP contribution < -0.4 is 0 Å². The van der Waals surface area contributed by atoms with Crippen LogP contribution in [0, 0.1) is 0 Å². The Kier molecular flexibility index (Phi) is 18.1. The van der Waals surface area contributed by atoms with Crippen molar-refractivity contribution < 1.29 is 14.0 Å². The Bertz CT molecular complexity index is 301. The van der Waals surface area contributed by atoms with E-state index < -0.39 is 8.25 Å². The van der Waals surface area contributed by atoms with Crippen LogP contribution in [0.2, 0.25) is 0 Å². The van der Waals surface area contributed by atoms with Gasteiger partial charge in [0.15, 0.2) is 0 Å². The average molecular weight is 329 g/mol. The molecule has 128 valence electrons. The minimum Gasteiger partial charge on any atom is -0.133 e. The molecule has 4 heteroatoms. The fraction of sp³-hybridized carbons (Fsp3) is 0.778. The Morgan fingerprint density at radius 1 is 0.818 bits per heavy atom. The number of hydrogen-bond acceptors (Lipinski definition) is 2. The minimum absolute atomic E-state index is 0.406. The van der Waals surface area contributed by atoms with E-state index in [2.05, 4.69) is 35.8 Å². The van der Waals surface area contributed by atoms with Crippen molar-refractivity contribution >= 4 is 8.25 Å². The van der Waals surface area contributed by atoms with Gasteiger partial charge in [-0.2, -0.15) is 0 Å². The lowest BCUT2D eigenvalue weighted by atomic mass is 10.1. The molecule has 22 heavy (non-hydrogen) atoms. The molecule has 0 aromatic heterocycles. The Hall–Kier alpha value is -0.500. The fourth-order valence-corrected chi connectivity index (χ4v) is 2.50. The fourth-order valence-electron chi connectivity index (χ4n) is 2.22. The highest BCUT2D eigenvalue weighted by atomic mass is 31.1. The van der Waals surface area contributed by atoms with Crippen LogP contribution in [-0.2, 0) is 9.09 Å². The molecule has 0 bridgehead atoms. The van der Waals surface area contributed by atoms with Gasteiger partial charge in [-0.3, -0.25) is 0 Å². The largest absolute Gasteiger partial charge is 0.694 e. The molecule has 3 nitrogen and oxygen atoms in total. The smallest absolute Gasteiger partial charge is 0.133 e. The SMILES string of the molecule is CCCC/C=C\C/C=C\CCCCCCCCCO[P+](=O)O. The van der Waals surface area contributed by atoms with Gasteiger partial charge < -0.3 is 0 Å². The van der Waals surface area contributed by atoms with Gasteiger partial charge in [0, 0.05) is 4.57 Å². The summed E-state index contributed by atoms with van der Waals surface area (Å²) in [6.45, 7) is 2.63. The molecule has 0 rings (SSSR count). The molecule has 0 saturated carbocycles. The molecule has 0 fully saturated rings. The Morgan fingerprint density at radius 2 is 1.36 bits per heavy atom. The third kappa shape index (κ3) is 19.5. The molecule has 0 aliphatic heterocycles. The van der Waals surface area contributed by atoms with E-state index in [-0.39, 0.29) is 0 Å². The monoisotopic (exact) mass is 329 g/mol. The van der Waals surface area contributed by atoms with Crippen LogP contribution in [0.5, 0.6) is 0 Å². The van der Waals surface area contributed by atoms with Crippen LogP contribution >= 0.6 is 8.25 Å². The van der Waals surface area contributed by atoms with Crippen molar-refractivity contribution in [1.29, 1.82) is 0 Å². The standard InChI is InChI=1S/C18H33O3P/c1-2-3-4-5-6-7-8-9-10-11-12-13-14-15-16-17-18-21-22(19)20/h5-6,8-9H,2-4,7,10-18H2,1H3/p+1/b6-5-,9-8-. The van der Waals surface area contributed by atoms with E-state index in [1.165, 1.54) is 57.8 Å². The zero-order valence-electron chi connectivity index (χ0n) is 14.2. The van der Waals surface area contributed by atoms with E-state index in [1.807, 2.05) is 0 Å². The van der Waals surface area contributed by atoms with Gasteiger partial charge >= 0.3 is 8.25 Å². The maximum Gasteiger partial charge on any atom is 0.694 e. The van der Waals surface area contributed by atoms with E-state index in [1.54, 1.807) is 0 Å². The molecule has 0 amide bonds. The Labute approximate surface area is 137 Å². The van der Waals surface area contributed by atoms with Crippen LogP contribution in [0.3, 0.4) is 0 Å². The van der Waals surface area contributed by atoms with Crippen molar-refractivity contribution in [3.63, 3.8) is 0 Å². The summed E-state index contributed by atoms with van der Waals surface area (Å²) in [5, 5.41) is 0. The summed E-state index contributed by atoms with van der Waals surface area (Å²) in [4.78, 5) is 8.46. The second-order valence-corrected chi connectivity index (χ2v) is 6.39. The first-order valence-electron chi connectivity index (χ1n) is 8.86. The molecule has 0 aromatic carbocycles. The summed E-state index contributed by atoms with van der Waals surface area (Å²) in [6.07, 6.45) is 23.5. The van der Waals surface area contributed by atoms with Crippen molar-refractivity contribution in [3.05, 3.63) is 24.3 Å². The Balaban J connectivity index is 3.13. The van der Waals surface area contributed by atoms with Gasteiger partial charge in [0.1, 0.15) is 6.61 Å². The molecule has 0 saturated heterocycles. The van der Waals surface area contributed by atoms with Gasteiger partial charge in [-0.15, -0.1) is 9.42 Å². The second kappa shape index (κ2) is 18.5. The summed E-state index contributed by atoms with van der Waals surface area (Å²) in [6, 6.07) is 0. The van der Waals surface area contributed by atoms with Gasteiger partial charge in [-0.1, -0.05) is 76.2 Å². The van der Waals surface area contributed by atoms with E-state index in [4.69, 9.17) is 4.89 Å². The van der Waals surface area contributed by atoms with Crippen molar-refractivity contribution in [3.8, 4) is 0 Å². The maximum atomic E-state index is 10.3. The quantitative estimate of drug-likeness (QED) is 0.201. The lowest BCUT2D eigenvalue weighted by Crippen LogP contribution is -1.87. The molecule has 0 aliphatic rings. The van der Waals surface area contributed by atoms with Crippen LogP contribution in [0.4, 0.5) is 0 Å². The van der Waals surface area contributed by atoms with Crippen LogP contribution in [0.25, 0.3) is 0 Å². The average Bonchev–Trinajstić information content (AvgIpc) is 2.50. The van der Waals surface area contributed by atoms with Crippen molar-refractivity contribution in [1.82, 2.24) is 0 Å². The molecule has 0 aromatic rings. The highest BCUT2D eigenvalue weighted by Gasteiger charge is 2.09. The predicted molar refractivity (Wildman–Crippen MR) is 95.1 cm³/mol. The van der Waals surface area contributed by atoms with Gasteiger partial charge in [0.25, 0.3) is 0 Å². The number of rotatable bonds is 16. The molecule has 0 spiro atoms. The first kappa shape index (κ1) is 21.5. The third-order valence-corrected chi connectivity index (χ3v) is 3.95. The molecular formula is C18H34O3P+. The normalized spacial score (nSPS) is 12.5. The molecule has 1 unspecified atom stereocenters. The molecule has 0 heterocycles. The number of unbranched alkanes of at least 4 members (excludes halogenated alkanes) is 9. The van der Waals surface area contributed by atoms with Crippen LogP contribution in [-0.4, -0.2) is 11.5 Å². The first-order valence-corrected chi connectivity index (χ1v) is 9.99. The van der Waals surface area contributed by atoms with Gasteiger partial charge in [-0.25, -0.2) is 0 Å². The molecule has 0 radical (unpaired) electrons. The third-order valence-electron chi connectivity index (χ3n) is 3.55. The van der Waals surface area contributed by atoms with Gasteiger partial charge in [0.05, 0.1) is 0 Å². The Morgan fingerprint density at radius 3 is 1.95 bits per heavy atom. The first-order chi connectivity index (χ1) is 10.8. The van der Waals surface area contributed by atoms with E-state index in [0.717, 1.165) is 19.3 Å². The van der Waals surface area contributed by atoms with Crippen LogP contribution in [0.1, 0.15) is 84.0 Å². The molecular weight excluding hydrogens is 295 g/mol. The van der Waals surface area contributed by atoms with Crippen molar-refractivity contribution in [2.24, 2.45) is 0 Å². The highest BCUT2D eigenvalue weighted by molar-refractivity contribution is 7.32. The molecule has 1 N–H and O–H groups in total. The van der Waals surface area contributed by atoms with Crippen LogP contribution in [0.15, 0.2) is 24.3 Å². The zero-order valence-corrected chi connectivity index (χ0v) is 15.1. The topological polar surface area (TPSA) is 46.5 Å². The van der Waals surface area contributed by atoms with Crippen molar-refractivity contribution in [2.75, 3.05) is 6.61 Å². The summed E-state index contributed by atoms with van der Waals surface area (Å²) in [5.41, 5.74) is 0. The molecule has 0 aliphatic carbocycles. The zero-order chi connectivity index (χ0) is 16.3. The van der Waals surface area contributed by atoms with Gasteiger partial charge in [-0.05, 0) is 32.1 Å². The maximum absolute atomic E-state index is 10.3. The highest BCUT2D eigenvalue weighted by Crippen LogP contribution is 2.16. The number of hydrogen-bond donors (Lipinski definition) is 1. The van der Waals surface area contributed by atoms with E-state index in [9.17, 15) is 4.57 Å². The van der Waals surface area contributed by atoms with E-state index in [0.29, 0.717) is 6.61 Å². The second-order valence-electron chi connectivity index (χ2n) is 5.66.